The minimum atomic E-state index is -0.401. The molecule has 3 rings (SSSR count). The molecule has 1 atom stereocenters. The van der Waals surface area contributed by atoms with E-state index in [-0.39, 0.29) is 6.04 Å². The number of benzene rings is 1. The maximum absolute atomic E-state index is 12.1. The summed E-state index contributed by atoms with van der Waals surface area (Å²) in [6.45, 7) is 0.372. The fraction of sp³-hybridized carbons (Fsp3) is 0.222. The zero-order valence-electron chi connectivity index (χ0n) is 13.1. The molecule has 24 heavy (non-hydrogen) atoms. The summed E-state index contributed by atoms with van der Waals surface area (Å²) in [5.74, 6) is 0. The van der Waals surface area contributed by atoms with Gasteiger partial charge in [0.15, 0.2) is 0 Å². The molecule has 3 aromatic rings. The predicted octanol–water partition coefficient (Wildman–Crippen LogP) is 3.92. The van der Waals surface area contributed by atoms with Crippen LogP contribution < -0.4 is 5.32 Å². The molecule has 0 aliphatic rings. The van der Waals surface area contributed by atoms with Crippen molar-refractivity contribution >= 4 is 17.4 Å². The van der Waals surface area contributed by atoms with Crippen molar-refractivity contribution in [2.75, 3.05) is 6.61 Å². The fourth-order valence-corrected chi connectivity index (χ4v) is 3.23. The van der Waals surface area contributed by atoms with Gasteiger partial charge in [0.1, 0.15) is 0 Å². The van der Waals surface area contributed by atoms with Gasteiger partial charge in [-0.2, -0.15) is 0 Å². The third-order valence-electron chi connectivity index (χ3n) is 3.60. The van der Waals surface area contributed by atoms with E-state index >= 15 is 0 Å². The number of imidazole rings is 1. The molecule has 1 amide bonds. The molecule has 5 nitrogen and oxygen atoms in total. The molecular formula is C18H19N3O2S. The average molecular weight is 341 g/mol. The first-order valence-electron chi connectivity index (χ1n) is 7.82. The van der Waals surface area contributed by atoms with Crippen LogP contribution in [0, 0.1) is 0 Å². The molecule has 0 aliphatic carbocycles. The Morgan fingerprint density at radius 3 is 2.83 bits per heavy atom. The Bertz CT molecular complexity index is 727. The summed E-state index contributed by atoms with van der Waals surface area (Å²) in [6.07, 6.45) is 4.59. The van der Waals surface area contributed by atoms with Crippen molar-refractivity contribution in [3.8, 4) is 0 Å². The number of hydrogen-bond acceptors (Lipinski definition) is 4. The summed E-state index contributed by atoms with van der Waals surface area (Å²) in [5, 5.41) is 4.96. The van der Waals surface area contributed by atoms with Gasteiger partial charge in [-0.1, -0.05) is 36.4 Å². The summed E-state index contributed by atoms with van der Waals surface area (Å²) in [4.78, 5) is 20.2. The van der Waals surface area contributed by atoms with Crippen LogP contribution in [0.4, 0.5) is 4.79 Å². The largest absolute Gasteiger partial charge is 0.450 e. The second kappa shape index (κ2) is 8.31. The highest BCUT2D eigenvalue weighted by Gasteiger charge is 2.18. The van der Waals surface area contributed by atoms with Gasteiger partial charge in [-0.15, -0.1) is 11.3 Å². The Morgan fingerprint density at radius 2 is 2.12 bits per heavy atom. The number of thiophene rings is 1. The lowest BCUT2D eigenvalue weighted by atomic mass is 10.1. The molecule has 6 heteroatoms. The van der Waals surface area contributed by atoms with Gasteiger partial charge in [0, 0.05) is 16.8 Å². The number of carbonyl (C=O) groups excluding carboxylic acids is 1. The first-order chi connectivity index (χ1) is 11.8. The number of aromatic amines is 1. The standard InChI is InChI=1S/C18H19N3O2S/c22-18(23-10-4-8-15-12-19-13-20-15)21-17(16-9-5-11-24-16)14-6-2-1-3-7-14/h1-3,5-7,9,11-13,17H,4,8,10H2,(H,19,20)(H,21,22). The zero-order chi connectivity index (χ0) is 16.6. The van der Waals surface area contributed by atoms with Crippen molar-refractivity contribution in [3.05, 3.63) is 76.5 Å². The molecule has 1 aromatic carbocycles. The van der Waals surface area contributed by atoms with Crippen LogP contribution in [0.3, 0.4) is 0 Å². The van der Waals surface area contributed by atoms with Crippen LogP contribution in [0.5, 0.6) is 0 Å². The summed E-state index contributed by atoms with van der Waals surface area (Å²) < 4.78 is 5.31. The maximum Gasteiger partial charge on any atom is 0.407 e. The Balaban J connectivity index is 1.54. The molecule has 0 fully saturated rings. The summed E-state index contributed by atoms with van der Waals surface area (Å²) in [5.41, 5.74) is 2.08. The minimum absolute atomic E-state index is 0.189. The van der Waals surface area contributed by atoms with Crippen LogP contribution in [-0.4, -0.2) is 22.7 Å². The van der Waals surface area contributed by atoms with E-state index in [9.17, 15) is 4.79 Å². The van der Waals surface area contributed by atoms with E-state index in [1.54, 1.807) is 23.9 Å². The molecule has 1 unspecified atom stereocenters. The zero-order valence-corrected chi connectivity index (χ0v) is 14.0. The molecule has 2 N–H and O–H groups in total. The van der Waals surface area contributed by atoms with Crippen molar-refractivity contribution in [1.82, 2.24) is 15.3 Å². The van der Waals surface area contributed by atoms with Gasteiger partial charge in [0.2, 0.25) is 0 Å². The number of alkyl carbamates (subject to hydrolysis) is 1. The van der Waals surface area contributed by atoms with Crippen molar-refractivity contribution in [3.63, 3.8) is 0 Å². The van der Waals surface area contributed by atoms with Gasteiger partial charge in [-0.05, 0) is 29.9 Å². The van der Waals surface area contributed by atoms with E-state index in [0.717, 1.165) is 29.0 Å². The lowest BCUT2D eigenvalue weighted by molar-refractivity contribution is 0.142. The van der Waals surface area contributed by atoms with E-state index in [1.165, 1.54) is 0 Å². The van der Waals surface area contributed by atoms with E-state index in [2.05, 4.69) is 15.3 Å². The van der Waals surface area contributed by atoms with Gasteiger partial charge in [0.25, 0.3) is 0 Å². The minimum Gasteiger partial charge on any atom is -0.450 e. The topological polar surface area (TPSA) is 67.0 Å². The van der Waals surface area contributed by atoms with Crippen molar-refractivity contribution in [1.29, 1.82) is 0 Å². The second-order valence-electron chi connectivity index (χ2n) is 5.32. The number of rotatable bonds is 7. The summed E-state index contributed by atoms with van der Waals surface area (Å²) in [6, 6.07) is 13.7. The highest BCUT2D eigenvalue weighted by atomic mass is 32.1. The maximum atomic E-state index is 12.1. The molecule has 0 aliphatic heterocycles. The van der Waals surface area contributed by atoms with Gasteiger partial charge >= 0.3 is 6.09 Å². The number of hydrogen-bond donors (Lipinski definition) is 2. The number of carbonyl (C=O) groups is 1. The summed E-state index contributed by atoms with van der Waals surface area (Å²) in [7, 11) is 0. The number of amides is 1. The average Bonchev–Trinajstić information content (AvgIpc) is 3.31. The Kier molecular flexibility index (Phi) is 5.63. The van der Waals surface area contributed by atoms with Crippen molar-refractivity contribution in [2.45, 2.75) is 18.9 Å². The number of nitrogens with zero attached hydrogens (tertiary/aromatic N) is 1. The summed E-state index contributed by atoms with van der Waals surface area (Å²) >= 11 is 1.61. The highest BCUT2D eigenvalue weighted by molar-refractivity contribution is 7.10. The molecule has 0 saturated carbocycles. The number of ether oxygens (including phenoxy) is 1. The quantitative estimate of drug-likeness (QED) is 0.640. The molecule has 2 heterocycles. The van der Waals surface area contributed by atoms with Gasteiger partial charge in [-0.3, -0.25) is 0 Å². The number of nitrogens with one attached hydrogen (secondary N) is 2. The lowest BCUT2D eigenvalue weighted by Crippen LogP contribution is -2.29. The molecule has 0 bridgehead atoms. The molecule has 0 spiro atoms. The monoisotopic (exact) mass is 341 g/mol. The number of aryl methyl sites for hydroxylation is 1. The van der Waals surface area contributed by atoms with Crippen LogP contribution in [-0.2, 0) is 11.2 Å². The smallest absolute Gasteiger partial charge is 0.407 e. The molecule has 2 aromatic heterocycles. The molecule has 0 radical (unpaired) electrons. The number of aromatic nitrogens is 2. The van der Waals surface area contributed by atoms with E-state index in [4.69, 9.17) is 4.74 Å². The fourth-order valence-electron chi connectivity index (χ4n) is 2.43. The third kappa shape index (κ3) is 4.45. The van der Waals surface area contributed by atoms with Crippen LogP contribution >= 0.6 is 11.3 Å². The molecular weight excluding hydrogens is 322 g/mol. The van der Waals surface area contributed by atoms with Crippen molar-refractivity contribution < 1.29 is 9.53 Å². The van der Waals surface area contributed by atoms with E-state index in [1.807, 2.05) is 47.8 Å². The SMILES string of the molecule is O=C(NC(c1ccccc1)c1cccs1)OCCCc1cnc[nH]1. The molecule has 124 valence electrons. The Labute approximate surface area is 144 Å². The van der Waals surface area contributed by atoms with Gasteiger partial charge in [0.05, 0.1) is 19.0 Å². The third-order valence-corrected chi connectivity index (χ3v) is 4.54. The lowest BCUT2D eigenvalue weighted by Gasteiger charge is -2.18. The first kappa shape index (κ1) is 16.3. The van der Waals surface area contributed by atoms with Crippen LogP contribution in [0.15, 0.2) is 60.4 Å². The van der Waals surface area contributed by atoms with E-state index in [0.29, 0.717) is 6.61 Å². The van der Waals surface area contributed by atoms with Crippen LogP contribution in [0.1, 0.15) is 28.6 Å². The number of H-pyrrole nitrogens is 1. The second-order valence-corrected chi connectivity index (χ2v) is 6.30. The van der Waals surface area contributed by atoms with Crippen molar-refractivity contribution in [2.24, 2.45) is 0 Å². The van der Waals surface area contributed by atoms with Gasteiger partial charge < -0.3 is 15.0 Å². The highest BCUT2D eigenvalue weighted by Crippen LogP contribution is 2.25. The Morgan fingerprint density at radius 1 is 1.25 bits per heavy atom. The van der Waals surface area contributed by atoms with Crippen LogP contribution in [0.25, 0.3) is 0 Å². The van der Waals surface area contributed by atoms with E-state index < -0.39 is 6.09 Å². The van der Waals surface area contributed by atoms with Crippen LogP contribution in [0.2, 0.25) is 0 Å². The Hall–Kier alpha value is -2.60. The normalized spacial score (nSPS) is 11.8. The first-order valence-corrected chi connectivity index (χ1v) is 8.70. The predicted molar refractivity (Wildman–Crippen MR) is 94.0 cm³/mol. The molecule has 0 saturated heterocycles. The van der Waals surface area contributed by atoms with Gasteiger partial charge in [-0.25, -0.2) is 9.78 Å².